The highest BCUT2D eigenvalue weighted by Gasteiger charge is 2.22. The Balaban J connectivity index is 1.80. The summed E-state index contributed by atoms with van der Waals surface area (Å²) < 4.78 is 5.40. The molecular formula is C23H31N4O4+. The number of benzene rings is 2. The van der Waals surface area contributed by atoms with Crippen LogP contribution in [-0.2, 0) is 17.8 Å². The summed E-state index contributed by atoms with van der Waals surface area (Å²) in [4.78, 5) is 27.4. The van der Waals surface area contributed by atoms with E-state index in [0.29, 0.717) is 44.1 Å². The molecule has 0 radical (unpaired) electrons. The van der Waals surface area contributed by atoms with Gasteiger partial charge in [0.2, 0.25) is 0 Å². The second kappa shape index (κ2) is 10.9. The van der Waals surface area contributed by atoms with Gasteiger partial charge in [0.15, 0.2) is 0 Å². The zero-order valence-electron chi connectivity index (χ0n) is 18.2. The van der Waals surface area contributed by atoms with E-state index in [0.717, 1.165) is 25.2 Å². The summed E-state index contributed by atoms with van der Waals surface area (Å²) in [5.41, 5.74) is 3.20. The zero-order valence-corrected chi connectivity index (χ0v) is 18.2. The molecule has 0 atom stereocenters. The highest BCUT2D eigenvalue weighted by Crippen LogP contribution is 2.26. The number of hydrogen-bond donors (Lipinski definition) is 2. The largest absolute Gasteiger partial charge is 0.378 e. The van der Waals surface area contributed by atoms with Crippen molar-refractivity contribution in [3.05, 3.63) is 69.3 Å². The fourth-order valence-electron chi connectivity index (χ4n) is 3.84. The number of quaternary nitrogens is 1. The van der Waals surface area contributed by atoms with Crippen LogP contribution in [0.2, 0.25) is 0 Å². The van der Waals surface area contributed by atoms with Crippen molar-refractivity contribution in [3.63, 3.8) is 0 Å². The van der Waals surface area contributed by atoms with Gasteiger partial charge in [0.1, 0.15) is 6.54 Å². The van der Waals surface area contributed by atoms with Crippen LogP contribution in [0.3, 0.4) is 0 Å². The number of amides is 1. The van der Waals surface area contributed by atoms with Gasteiger partial charge in [0.05, 0.1) is 42.5 Å². The first kappa shape index (κ1) is 22.7. The molecule has 8 nitrogen and oxygen atoms in total. The van der Waals surface area contributed by atoms with E-state index in [2.05, 4.69) is 25.2 Å². The SMILES string of the molecule is CC[NH+](CC)Cc1ccccc1CNC(=O)c1cc([N+](=O)[O-])ccc1N1CCOCC1. The van der Waals surface area contributed by atoms with Crippen molar-refractivity contribution in [2.24, 2.45) is 0 Å². The molecule has 2 N–H and O–H groups in total. The topological polar surface area (TPSA) is 89.1 Å². The predicted octanol–water partition coefficient (Wildman–Crippen LogP) is 1.79. The molecule has 2 aromatic rings. The molecule has 1 aliphatic rings. The number of non-ortho nitro benzene ring substituents is 1. The molecule has 0 aromatic heterocycles. The summed E-state index contributed by atoms with van der Waals surface area (Å²) in [7, 11) is 0. The Kier molecular flexibility index (Phi) is 7.97. The van der Waals surface area contributed by atoms with Crippen LogP contribution in [-0.4, -0.2) is 50.2 Å². The molecule has 0 saturated carbocycles. The van der Waals surface area contributed by atoms with Crippen LogP contribution in [0.4, 0.5) is 11.4 Å². The number of nitrogens with one attached hydrogen (secondary N) is 2. The molecule has 2 aromatic carbocycles. The third-order valence-electron chi connectivity index (χ3n) is 5.79. The first-order valence-electron chi connectivity index (χ1n) is 10.8. The van der Waals surface area contributed by atoms with Gasteiger partial charge in [-0.1, -0.05) is 24.3 Å². The Hall–Kier alpha value is -2.97. The van der Waals surface area contributed by atoms with Crippen molar-refractivity contribution >= 4 is 17.3 Å². The number of ether oxygens (including phenoxy) is 1. The molecular weight excluding hydrogens is 396 g/mol. The fraction of sp³-hybridized carbons (Fsp3) is 0.435. The molecule has 3 rings (SSSR count). The Bertz CT molecular complexity index is 908. The summed E-state index contributed by atoms with van der Waals surface area (Å²) in [6, 6.07) is 12.6. The summed E-state index contributed by atoms with van der Waals surface area (Å²) in [6.07, 6.45) is 0. The maximum atomic E-state index is 13.1. The number of hydrogen-bond acceptors (Lipinski definition) is 5. The van der Waals surface area contributed by atoms with Crippen LogP contribution < -0.4 is 15.1 Å². The van der Waals surface area contributed by atoms with Gasteiger partial charge in [-0.05, 0) is 25.5 Å². The number of rotatable bonds is 9. The van der Waals surface area contributed by atoms with Crippen LogP contribution in [0.1, 0.15) is 35.3 Å². The first-order valence-corrected chi connectivity index (χ1v) is 10.8. The van der Waals surface area contributed by atoms with E-state index < -0.39 is 4.92 Å². The molecule has 1 aliphatic heterocycles. The van der Waals surface area contributed by atoms with Gasteiger partial charge in [0, 0.05) is 37.3 Å². The summed E-state index contributed by atoms with van der Waals surface area (Å²) >= 11 is 0. The molecule has 166 valence electrons. The van der Waals surface area contributed by atoms with Gasteiger partial charge in [-0.25, -0.2) is 0 Å². The number of anilines is 1. The summed E-state index contributed by atoms with van der Waals surface area (Å²) in [5, 5.41) is 14.3. The smallest absolute Gasteiger partial charge is 0.270 e. The molecule has 0 aliphatic carbocycles. The van der Waals surface area contributed by atoms with Crippen LogP contribution in [0.5, 0.6) is 0 Å². The van der Waals surface area contributed by atoms with Gasteiger partial charge in [-0.3, -0.25) is 14.9 Å². The molecule has 0 spiro atoms. The number of nitro benzene ring substituents is 1. The highest BCUT2D eigenvalue weighted by molar-refractivity contribution is 6.00. The van der Waals surface area contributed by atoms with E-state index in [9.17, 15) is 14.9 Å². The van der Waals surface area contributed by atoms with Gasteiger partial charge in [-0.15, -0.1) is 0 Å². The van der Waals surface area contributed by atoms with E-state index >= 15 is 0 Å². The van der Waals surface area contributed by atoms with Crippen molar-refractivity contribution in [1.82, 2.24) is 5.32 Å². The minimum absolute atomic E-state index is 0.0901. The molecule has 31 heavy (non-hydrogen) atoms. The normalized spacial score (nSPS) is 14.0. The third-order valence-corrected chi connectivity index (χ3v) is 5.79. The average molecular weight is 428 g/mol. The lowest BCUT2D eigenvalue weighted by Gasteiger charge is -2.30. The molecule has 0 unspecified atom stereocenters. The zero-order chi connectivity index (χ0) is 22.2. The van der Waals surface area contributed by atoms with E-state index in [1.807, 2.05) is 23.1 Å². The van der Waals surface area contributed by atoms with Crippen LogP contribution in [0.25, 0.3) is 0 Å². The molecule has 8 heteroatoms. The maximum Gasteiger partial charge on any atom is 0.270 e. The van der Waals surface area contributed by atoms with Gasteiger partial charge in [0.25, 0.3) is 11.6 Å². The highest BCUT2D eigenvalue weighted by atomic mass is 16.6. The monoisotopic (exact) mass is 427 g/mol. The lowest BCUT2D eigenvalue weighted by Crippen LogP contribution is -3.10. The molecule has 1 heterocycles. The Morgan fingerprint density at radius 2 is 1.81 bits per heavy atom. The van der Waals surface area contributed by atoms with E-state index in [-0.39, 0.29) is 11.6 Å². The minimum atomic E-state index is -0.470. The number of carbonyl (C=O) groups excluding carboxylic acids is 1. The summed E-state index contributed by atoms with van der Waals surface area (Å²) in [5.74, 6) is -0.310. The van der Waals surface area contributed by atoms with E-state index in [1.54, 1.807) is 6.07 Å². The summed E-state index contributed by atoms with van der Waals surface area (Å²) in [6.45, 7) is 10.1. The maximum absolute atomic E-state index is 13.1. The molecule has 1 fully saturated rings. The molecule has 0 bridgehead atoms. The Morgan fingerprint density at radius 1 is 1.13 bits per heavy atom. The van der Waals surface area contributed by atoms with Crippen LogP contribution >= 0.6 is 0 Å². The standard InChI is InChI=1S/C23H30N4O4/c1-3-25(4-2)17-19-8-6-5-7-18(19)16-24-23(28)21-15-20(27(29)30)9-10-22(21)26-11-13-31-14-12-26/h5-10,15H,3-4,11-14,16-17H2,1-2H3,(H,24,28)/p+1. The number of nitrogens with zero attached hydrogens (tertiary/aromatic N) is 2. The molecule has 1 amide bonds. The van der Waals surface area contributed by atoms with Crippen LogP contribution in [0, 0.1) is 10.1 Å². The lowest BCUT2D eigenvalue weighted by atomic mass is 10.1. The number of morpholine rings is 1. The minimum Gasteiger partial charge on any atom is -0.378 e. The van der Waals surface area contributed by atoms with E-state index in [1.165, 1.54) is 22.6 Å². The van der Waals surface area contributed by atoms with Crippen molar-refractivity contribution in [1.29, 1.82) is 0 Å². The predicted molar refractivity (Wildman–Crippen MR) is 119 cm³/mol. The Labute approximate surface area is 182 Å². The lowest BCUT2D eigenvalue weighted by molar-refractivity contribution is -0.910. The van der Waals surface area contributed by atoms with Crippen LogP contribution in [0.15, 0.2) is 42.5 Å². The fourth-order valence-corrected chi connectivity index (χ4v) is 3.84. The molecule has 1 saturated heterocycles. The third kappa shape index (κ3) is 5.80. The van der Waals surface area contributed by atoms with Crippen molar-refractivity contribution in [3.8, 4) is 0 Å². The second-order valence-corrected chi connectivity index (χ2v) is 7.64. The average Bonchev–Trinajstić information content (AvgIpc) is 2.81. The Morgan fingerprint density at radius 3 is 2.45 bits per heavy atom. The second-order valence-electron chi connectivity index (χ2n) is 7.64. The van der Waals surface area contributed by atoms with Crippen molar-refractivity contribution in [2.75, 3.05) is 44.3 Å². The van der Waals surface area contributed by atoms with Crippen molar-refractivity contribution in [2.45, 2.75) is 26.9 Å². The number of carbonyl (C=O) groups is 1. The van der Waals surface area contributed by atoms with E-state index in [4.69, 9.17) is 4.74 Å². The quantitative estimate of drug-likeness (QED) is 0.471. The van der Waals surface area contributed by atoms with Gasteiger partial charge in [-0.2, -0.15) is 0 Å². The number of nitro groups is 1. The van der Waals surface area contributed by atoms with Gasteiger partial charge < -0.3 is 19.9 Å². The van der Waals surface area contributed by atoms with Crippen molar-refractivity contribution < 1.29 is 19.4 Å². The first-order chi connectivity index (χ1) is 15.0. The van der Waals surface area contributed by atoms with Gasteiger partial charge >= 0.3 is 0 Å².